The minimum atomic E-state index is -0.0811. The molecule has 0 spiro atoms. The summed E-state index contributed by atoms with van der Waals surface area (Å²) in [6, 6.07) is 0. The van der Waals surface area contributed by atoms with Crippen LogP contribution in [0.2, 0.25) is 0 Å². The molecule has 1 aliphatic heterocycles. The molecule has 3 nitrogen and oxygen atoms in total. The van der Waals surface area contributed by atoms with Gasteiger partial charge in [0, 0.05) is 18.1 Å². The summed E-state index contributed by atoms with van der Waals surface area (Å²) in [6.07, 6.45) is 1.94. The second kappa shape index (κ2) is 6.13. The SMILES string of the molecule is C=C(Cl)CN1CCCC(C(=O)OCC)C1. The van der Waals surface area contributed by atoms with E-state index in [0.29, 0.717) is 18.2 Å². The van der Waals surface area contributed by atoms with Crippen molar-refractivity contribution in [3.8, 4) is 0 Å². The molecular weight excluding hydrogens is 214 g/mol. The Labute approximate surface area is 96.0 Å². The number of halogens is 1. The van der Waals surface area contributed by atoms with E-state index in [4.69, 9.17) is 16.3 Å². The van der Waals surface area contributed by atoms with Crippen molar-refractivity contribution in [2.24, 2.45) is 5.92 Å². The summed E-state index contributed by atoms with van der Waals surface area (Å²) in [5.74, 6) is -0.0721. The van der Waals surface area contributed by atoms with Crippen LogP contribution in [0.1, 0.15) is 19.8 Å². The summed E-state index contributed by atoms with van der Waals surface area (Å²) in [4.78, 5) is 13.7. The van der Waals surface area contributed by atoms with Crippen LogP contribution in [0.5, 0.6) is 0 Å². The standard InChI is InChI=1S/C11H18ClNO2/c1-3-15-11(14)10-5-4-6-13(8-10)7-9(2)12/h10H,2-8H2,1H3. The van der Waals surface area contributed by atoms with Gasteiger partial charge in [-0.1, -0.05) is 18.2 Å². The largest absolute Gasteiger partial charge is 0.466 e. The highest BCUT2D eigenvalue weighted by atomic mass is 35.5. The van der Waals surface area contributed by atoms with E-state index in [0.717, 1.165) is 25.9 Å². The molecule has 1 aliphatic rings. The highest BCUT2D eigenvalue weighted by Gasteiger charge is 2.26. The Bertz CT molecular complexity index is 243. The Balaban J connectivity index is 2.41. The summed E-state index contributed by atoms with van der Waals surface area (Å²) in [7, 11) is 0. The normalized spacial score (nSPS) is 22.4. The Morgan fingerprint density at radius 1 is 1.67 bits per heavy atom. The molecule has 0 N–H and O–H groups in total. The lowest BCUT2D eigenvalue weighted by molar-refractivity contribution is -0.149. The molecule has 1 unspecified atom stereocenters. The molecule has 86 valence electrons. The van der Waals surface area contributed by atoms with E-state index < -0.39 is 0 Å². The van der Waals surface area contributed by atoms with E-state index in [1.54, 1.807) is 0 Å². The maximum Gasteiger partial charge on any atom is 0.310 e. The van der Waals surface area contributed by atoms with Gasteiger partial charge in [0.15, 0.2) is 0 Å². The van der Waals surface area contributed by atoms with Crippen LogP contribution in [0.3, 0.4) is 0 Å². The third-order valence-electron chi connectivity index (χ3n) is 2.52. The van der Waals surface area contributed by atoms with Crippen LogP contribution in [0.4, 0.5) is 0 Å². The van der Waals surface area contributed by atoms with Gasteiger partial charge < -0.3 is 4.74 Å². The molecular formula is C11H18ClNO2. The van der Waals surface area contributed by atoms with Gasteiger partial charge in [0.1, 0.15) is 0 Å². The summed E-state index contributed by atoms with van der Waals surface area (Å²) < 4.78 is 5.01. The number of carbonyl (C=O) groups is 1. The molecule has 0 aliphatic carbocycles. The van der Waals surface area contributed by atoms with Crippen molar-refractivity contribution in [2.75, 3.05) is 26.2 Å². The number of ether oxygens (including phenoxy) is 1. The van der Waals surface area contributed by atoms with Crippen molar-refractivity contribution in [3.63, 3.8) is 0 Å². The van der Waals surface area contributed by atoms with E-state index >= 15 is 0 Å². The van der Waals surface area contributed by atoms with E-state index in [9.17, 15) is 4.79 Å². The number of likely N-dealkylation sites (tertiary alicyclic amines) is 1. The Morgan fingerprint density at radius 3 is 3.00 bits per heavy atom. The minimum Gasteiger partial charge on any atom is -0.466 e. The summed E-state index contributed by atoms with van der Waals surface area (Å²) in [6.45, 7) is 8.34. The fourth-order valence-corrected chi connectivity index (χ4v) is 2.06. The average Bonchev–Trinajstić information content (AvgIpc) is 2.17. The number of hydrogen-bond donors (Lipinski definition) is 0. The first-order valence-corrected chi connectivity index (χ1v) is 5.73. The van der Waals surface area contributed by atoms with Crippen LogP contribution < -0.4 is 0 Å². The molecule has 1 atom stereocenters. The quantitative estimate of drug-likeness (QED) is 0.694. The maximum atomic E-state index is 11.5. The zero-order valence-corrected chi connectivity index (χ0v) is 9.92. The number of rotatable bonds is 4. The van der Waals surface area contributed by atoms with E-state index in [2.05, 4.69) is 11.5 Å². The van der Waals surface area contributed by atoms with Gasteiger partial charge in [-0.3, -0.25) is 9.69 Å². The van der Waals surface area contributed by atoms with Crippen molar-refractivity contribution in [1.82, 2.24) is 4.90 Å². The lowest BCUT2D eigenvalue weighted by Crippen LogP contribution is -2.39. The van der Waals surface area contributed by atoms with Crippen LogP contribution in [0, 0.1) is 5.92 Å². The Morgan fingerprint density at radius 2 is 2.40 bits per heavy atom. The summed E-state index contributed by atoms with van der Waals surface area (Å²) in [5, 5.41) is 0.625. The summed E-state index contributed by atoms with van der Waals surface area (Å²) in [5.41, 5.74) is 0. The molecule has 4 heteroatoms. The van der Waals surface area contributed by atoms with Gasteiger partial charge in [-0.05, 0) is 26.3 Å². The van der Waals surface area contributed by atoms with Crippen molar-refractivity contribution < 1.29 is 9.53 Å². The maximum absolute atomic E-state index is 11.5. The molecule has 0 aromatic heterocycles. The average molecular weight is 232 g/mol. The van der Waals surface area contributed by atoms with E-state index in [1.165, 1.54) is 0 Å². The third kappa shape index (κ3) is 4.22. The van der Waals surface area contributed by atoms with Crippen LogP contribution in [-0.2, 0) is 9.53 Å². The van der Waals surface area contributed by atoms with Crippen molar-refractivity contribution in [1.29, 1.82) is 0 Å². The first kappa shape index (κ1) is 12.5. The van der Waals surface area contributed by atoms with Crippen molar-refractivity contribution in [3.05, 3.63) is 11.6 Å². The van der Waals surface area contributed by atoms with Crippen LogP contribution in [-0.4, -0.2) is 37.1 Å². The van der Waals surface area contributed by atoms with Gasteiger partial charge in [0.05, 0.1) is 12.5 Å². The van der Waals surface area contributed by atoms with Crippen molar-refractivity contribution in [2.45, 2.75) is 19.8 Å². The molecule has 0 aromatic rings. The van der Waals surface area contributed by atoms with E-state index in [-0.39, 0.29) is 11.9 Å². The molecule has 0 bridgehead atoms. The molecule has 0 amide bonds. The smallest absolute Gasteiger partial charge is 0.310 e. The predicted molar refractivity (Wildman–Crippen MR) is 60.8 cm³/mol. The lowest BCUT2D eigenvalue weighted by Gasteiger charge is -2.31. The lowest BCUT2D eigenvalue weighted by atomic mass is 9.98. The molecule has 0 aromatic carbocycles. The fourth-order valence-electron chi connectivity index (χ4n) is 1.89. The second-order valence-corrected chi connectivity index (χ2v) is 4.38. The number of piperidine rings is 1. The van der Waals surface area contributed by atoms with Gasteiger partial charge >= 0.3 is 5.97 Å². The first-order valence-electron chi connectivity index (χ1n) is 5.35. The monoisotopic (exact) mass is 231 g/mol. The number of esters is 1. The molecule has 1 saturated heterocycles. The van der Waals surface area contributed by atoms with Gasteiger partial charge in [-0.25, -0.2) is 0 Å². The predicted octanol–water partition coefficient (Wildman–Crippen LogP) is 2.01. The Kier molecular flexibility index (Phi) is 5.12. The van der Waals surface area contributed by atoms with Gasteiger partial charge in [0.25, 0.3) is 0 Å². The molecule has 1 heterocycles. The van der Waals surface area contributed by atoms with Gasteiger partial charge in [-0.15, -0.1) is 0 Å². The molecule has 0 saturated carbocycles. The highest BCUT2D eigenvalue weighted by molar-refractivity contribution is 6.29. The summed E-state index contributed by atoms with van der Waals surface area (Å²) >= 11 is 5.75. The van der Waals surface area contributed by atoms with E-state index in [1.807, 2.05) is 6.92 Å². The van der Waals surface area contributed by atoms with Gasteiger partial charge in [0.2, 0.25) is 0 Å². The molecule has 1 fully saturated rings. The van der Waals surface area contributed by atoms with Crippen LogP contribution in [0.15, 0.2) is 11.6 Å². The van der Waals surface area contributed by atoms with Crippen LogP contribution >= 0.6 is 11.6 Å². The fraction of sp³-hybridized carbons (Fsp3) is 0.727. The topological polar surface area (TPSA) is 29.5 Å². The second-order valence-electron chi connectivity index (χ2n) is 3.84. The third-order valence-corrected chi connectivity index (χ3v) is 2.64. The zero-order chi connectivity index (χ0) is 11.3. The molecule has 15 heavy (non-hydrogen) atoms. The highest BCUT2D eigenvalue weighted by Crippen LogP contribution is 2.19. The zero-order valence-electron chi connectivity index (χ0n) is 9.17. The van der Waals surface area contributed by atoms with Crippen molar-refractivity contribution >= 4 is 17.6 Å². The number of hydrogen-bond acceptors (Lipinski definition) is 3. The number of carbonyl (C=O) groups excluding carboxylic acids is 1. The Hall–Kier alpha value is -0.540. The number of nitrogens with zero attached hydrogens (tertiary/aromatic N) is 1. The first-order chi connectivity index (χ1) is 7.13. The minimum absolute atomic E-state index is 0.00900. The van der Waals surface area contributed by atoms with Crippen LogP contribution in [0.25, 0.3) is 0 Å². The van der Waals surface area contributed by atoms with Gasteiger partial charge in [-0.2, -0.15) is 0 Å². The molecule has 0 radical (unpaired) electrons. The molecule has 1 rings (SSSR count).